The molecule has 0 rings (SSSR count). The molecule has 12 heavy (non-hydrogen) atoms. The van der Waals surface area contributed by atoms with Gasteiger partial charge in [-0.15, -0.1) is 0 Å². The predicted octanol–water partition coefficient (Wildman–Crippen LogP) is 0.119. The molecule has 0 spiro atoms. The molecule has 0 saturated carbocycles. The first-order chi connectivity index (χ1) is 5.50. The highest BCUT2D eigenvalue weighted by Gasteiger charge is 2.16. The van der Waals surface area contributed by atoms with Gasteiger partial charge in [0.1, 0.15) is 6.61 Å². The van der Waals surface area contributed by atoms with Crippen LogP contribution in [0.4, 0.5) is 0 Å². The van der Waals surface area contributed by atoms with Gasteiger partial charge in [-0.05, 0) is 0 Å². The smallest absolute Gasteiger partial charge is 0.226 e. The minimum atomic E-state index is -0.954. The standard InChI is InChI=1S/C7H10O5/c1-4(8)6(10)7(11)5(9)3-12-2/h10-11H,3H2,1-2H3/b7-6+. The lowest BCUT2D eigenvalue weighted by atomic mass is 10.2. The van der Waals surface area contributed by atoms with Gasteiger partial charge in [0, 0.05) is 14.0 Å². The van der Waals surface area contributed by atoms with Crippen molar-refractivity contribution in [3.05, 3.63) is 11.5 Å². The second-order valence-corrected chi connectivity index (χ2v) is 2.11. The van der Waals surface area contributed by atoms with Crippen LogP contribution in [-0.4, -0.2) is 35.5 Å². The third kappa shape index (κ3) is 2.71. The van der Waals surface area contributed by atoms with Crippen LogP contribution in [0.5, 0.6) is 0 Å². The lowest BCUT2D eigenvalue weighted by Gasteiger charge is -1.99. The van der Waals surface area contributed by atoms with E-state index in [1.165, 1.54) is 7.11 Å². The van der Waals surface area contributed by atoms with Crippen molar-refractivity contribution < 1.29 is 24.5 Å². The van der Waals surface area contributed by atoms with Crippen molar-refractivity contribution in [1.82, 2.24) is 0 Å². The van der Waals surface area contributed by atoms with Crippen LogP contribution >= 0.6 is 0 Å². The molecule has 5 heteroatoms. The largest absolute Gasteiger partial charge is 0.502 e. The van der Waals surface area contributed by atoms with E-state index in [-0.39, 0.29) is 6.61 Å². The molecule has 0 aromatic carbocycles. The lowest BCUT2D eigenvalue weighted by Crippen LogP contribution is -2.14. The summed E-state index contributed by atoms with van der Waals surface area (Å²) in [6.45, 7) is 0.662. The lowest BCUT2D eigenvalue weighted by molar-refractivity contribution is -0.123. The van der Waals surface area contributed by atoms with Gasteiger partial charge in [-0.3, -0.25) is 9.59 Å². The Morgan fingerprint density at radius 3 is 2.08 bits per heavy atom. The molecule has 0 aliphatic rings. The van der Waals surface area contributed by atoms with Gasteiger partial charge in [0.2, 0.25) is 17.3 Å². The fourth-order valence-electron chi connectivity index (χ4n) is 0.498. The topological polar surface area (TPSA) is 83.8 Å². The van der Waals surface area contributed by atoms with Crippen molar-refractivity contribution >= 4 is 11.6 Å². The van der Waals surface area contributed by atoms with Gasteiger partial charge < -0.3 is 14.9 Å². The second kappa shape index (κ2) is 4.50. The highest BCUT2D eigenvalue weighted by atomic mass is 16.5. The van der Waals surface area contributed by atoms with Gasteiger partial charge in [-0.1, -0.05) is 0 Å². The van der Waals surface area contributed by atoms with E-state index < -0.39 is 23.1 Å². The first-order valence-electron chi connectivity index (χ1n) is 3.16. The summed E-state index contributed by atoms with van der Waals surface area (Å²) in [5.41, 5.74) is 0. The zero-order valence-electron chi connectivity index (χ0n) is 6.83. The van der Waals surface area contributed by atoms with Crippen LogP contribution in [0.15, 0.2) is 11.5 Å². The van der Waals surface area contributed by atoms with Crippen LogP contribution in [0.3, 0.4) is 0 Å². The van der Waals surface area contributed by atoms with Crippen molar-refractivity contribution in [2.45, 2.75) is 6.92 Å². The summed E-state index contributed by atoms with van der Waals surface area (Å²) >= 11 is 0. The molecular formula is C7H10O5. The third-order valence-electron chi connectivity index (χ3n) is 1.10. The number of allylic oxidation sites excluding steroid dienone is 1. The number of Topliss-reactive ketones (excluding diaryl/α,β-unsaturated/α-hetero) is 2. The minimum Gasteiger partial charge on any atom is -0.502 e. The monoisotopic (exact) mass is 174 g/mol. The fourth-order valence-corrected chi connectivity index (χ4v) is 0.498. The Labute approximate surface area is 69.3 Å². The van der Waals surface area contributed by atoms with Gasteiger partial charge in [-0.2, -0.15) is 0 Å². The Kier molecular flexibility index (Phi) is 3.99. The molecule has 0 bridgehead atoms. The number of ether oxygens (including phenoxy) is 1. The van der Waals surface area contributed by atoms with Crippen LogP contribution in [0.1, 0.15) is 6.92 Å². The minimum absolute atomic E-state index is 0.372. The average Bonchev–Trinajstić information content (AvgIpc) is 2.02. The highest BCUT2D eigenvalue weighted by molar-refractivity contribution is 6.02. The fraction of sp³-hybridized carbons (Fsp3) is 0.429. The Morgan fingerprint density at radius 2 is 1.75 bits per heavy atom. The van der Waals surface area contributed by atoms with Crippen LogP contribution in [0, 0.1) is 0 Å². The van der Waals surface area contributed by atoms with E-state index in [2.05, 4.69) is 4.74 Å². The highest BCUT2D eigenvalue weighted by Crippen LogP contribution is 2.00. The summed E-state index contributed by atoms with van der Waals surface area (Å²) in [4.78, 5) is 21.2. The zero-order chi connectivity index (χ0) is 9.72. The number of hydrogen-bond donors (Lipinski definition) is 2. The van der Waals surface area contributed by atoms with Gasteiger partial charge in [0.25, 0.3) is 0 Å². The Balaban J connectivity index is 4.55. The Bertz CT molecular complexity index is 228. The van der Waals surface area contributed by atoms with Gasteiger partial charge in [0.15, 0.2) is 5.78 Å². The molecule has 68 valence electrons. The number of hydrogen-bond acceptors (Lipinski definition) is 5. The van der Waals surface area contributed by atoms with Crippen molar-refractivity contribution in [1.29, 1.82) is 0 Å². The van der Waals surface area contributed by atoms with E-state index in [4.69, 9.17) is 10.2 Å². The molecule has 0 aliphatic heterocycles. The summed E-state index contributed by atoms with van der Waals surface area (Å²) in [6.07, 6.45) is 0. The molecule has 2 N–H and O–H groups in total. The van der Waals surface area contributed by atoms with Crippen molar-refractivity contribution in [2.24, 2.45) is 0 Å². The maximum absolute atomic E-state index is 10.7. The van der Waals surface area contributed by atoms with Crippen LogP contribution < -0.4 is 0 Å². The first-order valence-corrected chi connectivity index (χ1v) is 3.16. The van der Waals surface area contributed by atoms with E-state index in [0.29, 0.717) is 0 Å². The van der Waals surface area contributed by atoms with Gasteiger partial charge in [0.05, 0.1) is 0 Å². The number of methoxy groups -OCH3 is 1. The molecule has 0 heterocycles. The number of carbonyl (C=O) groups is 2. The summed E-state index contributed by atoms with van der Waals surface area (Å²) in [5, 5.41) is 17.7. The number of aliphatic hydroxyl groups is 2. The summed E-state index contributed by atoms with van der Waals surface area (Å²) in [6, 6.07) is 0. The third-order valence-corrected chi connectivity index (χ3v) is 1.10. The Morgan fingerprint density at radius 1 is 1.25 bits per heavy atom. The SMILES string of the molecule is COCC(=O)/C(O)=C(\O)C(C)=O. The summed E-state index contributed by atoms with van der Waals surface area (Å²) in [5.74, 6) is -3.48. The average molecular weight is 174 g/mol. The van der Waals surface area contributed by atoms with Crippen molar-refractivity contribution in [2.75, 3.05) is 13.7 Å². The second-order valence-electron chi connectivity index (χ2n) is 2.11. The molecule has 5 nitrogen and oxygen atoms in total. The van der Waals surface area contributed by atoms with E-state index in [0.717, 1.165) is 6.92 Å². The molecular weight excluding hydrogens is 164 g/mol. The molecule has 0 fully saturated rings. The summed E-state index contributed by atoms with van der Waals surface area (Å²) in [7, 11) is 1.26. The van der Waals surface area contributed by atoms with Crippen LogP contribution in [-0.2, 0) is 14.3 Å². The predicted molar refractivity (Wildman–Crippen MR) is 39.8 cm³/mol. The maximum Gasteiger partial charge on any atom is 0.226 e. The number of rotatable bonds is 4. The number of aliphatic hydroxyl groups excluding tert-OH is 2. The van der Waals surface area contributed by atoms with Crippen molar-refractivity contribution in [3.63, 3.8) is 0 Å². The first kappa shape index (κ1) is 10.6. The molecule has 0 aromatic rings. The molecule has 0 aliphatic carbocycles. The quantitative estimate of drug-likeness (QED) is 0.467. The number of carbonyl (C=O) groups excluding carboxylic acids is 2. The van der Waals surface area contributed by atoms with E-state index in [9.17, 15) is 9.59 Å². The Hall–Kier alpha value is -1.36. The molecule has 0 atom stereocenters. The van der Waals surface area contributed by atoms with E-state index >= 15 is 0 Å². The van der Waals surface area contributed by atoms with Gasteiger partial charge >= 0.3 is 0 Å². The van der Waals surface area contributed by atoms with E-state index in [1.54, 1.807) is 0 Å². The van der Waals surface area contributed by atoms with Gasteiger partial charge in [-0.25, -0.2) is 0 Å². The van der Waals surface area contributed by atoms with E-state index in [1.807, 2.05) is 0 Å². The number of ketones is 2. The maximum atomic E-state index is 10.7. The van der Waals surface area contributed by atoms with Crippen molar-refractivity contribution in [3.8, 4) is 0 Å². The molecule has 0 aromatic heterocycles. The molecule has 0 radical (unpaired) electrons. The zero-order valence-corrected chi connectivity index (χ0v) is 6.83. The summed E-state index contributed by atoms with van der Waals surface area (Å²) < 4.78 is 4.39. The normalized spacial score (nSPS) is 12.2. The molecule has 0 saturated heterocycles. The van der Waals surface area contributed by atoms with Crippen LogP contribution in [0.25, 0.3) is 0 Å². The van der Waals surface area contributed by atoms with Crippen LogP contribution in [0.2, 0.25) is 0 Å². The molecule has 0 amide bonds. The molecule has 0 unspecified atom stereocenters.